The van der Waals surface area contributed by atoms with E-state index in [2.05, 4.69) is 27.9 Å². The molecule has 1 fully saturated rings. The van der Waals surface area contributed by atoms with Gasteiger partial charge in [-0.15, -0.1) is 0 Å². The molecule has 4 nitrogen and oxygen atoms in total. The first kappa shape index (κ1) is 13.3. The number of carbonyl (C=O) groups is 2. The maximum Gasteiger partial charge on any atom is 0.255 e. The molecule has 2 rings (SSSR count). The molecule has 18 heavy (non-hydrogen) atoms. The van der Waals surface area contributed by atoms with E-state index >= 15 is 0 Å². The van der Waals surface area contributed by atoms with E-state index in [9.17, 15) is 9.59 Å². The molecule has 0 saturated carbocycles. The number of carbonyl (C=O) groups excluding carboxylic acids is 2. The highest BCUT2D eigenvalue weighted by Crippen LogP contribution is 2.22. The summed E-state index contributed by atoms with van der Waals surface area (Å²) in [4.78, 5) is 25.9. The minimum atomic E-state index is -0.321. The number of hydrogen-bond acceptors (Lipinski definition) is 2. The van der Waals surface area contributed by atoms with Crippen LogP contribution in [0.4, 0.5) is 0 Å². The van der Waals surface area contributed by atoms with E-state index in [1.807, 2.05) is 24.3 Å². The van der Waals surface area contributed by atoms with Crippen LogP contribution in [0.3, 0.4) is 0 Å². The van der Waals surface area contributed by atoms with Crippen molar-refractivity contribution >= 4 is 34.4 Å². The van der Waals surface area contributed by atoms with E-state index in [1.165, 1.54) is 0 Å². The number of nitrogens with one attached hydrogen (secondary N) is 1. The second-order valence-corrected chi connectivity index (χ2v) is 5.41. The van der Waals surface area contributed by atoms with Gasteiger partial charge in [0.1, 0.15) is 6.04 Å². The van der Waals surface area contributed by atoms with Gasteiger partial charge in [-0.05, 0) is 47.6 Å². The largest absolute Gasteiger partial charge is 0.357 e. The van der Waals surface area contributed by atoms with Crippen LogP contribution in [0.2, 0.25) is 0 Å². The summed E-state index contributed by atoms with van der Waals surface area (Å²) in [6, 6.07) is 7.14. The van der Waals surface area contributed by atoms with Crippen molar-refractivity contribution in [2.45, 2.75) is 18.9 Å². The van der Waals surface area contributed by atoms with Gasteiger partial charge in [-0.25, -0.2) is 0 Å². The van der Waals surface area contributed by atoms with Gasteiger partial charge in [0.15, 0.2) is 0 Å². The van der Waals surface area contributed by atoms with E-state index in [1.54, 1.807) is 11.9 Å². The van der Waals surface area contributed by atoms with Crippen LogP contribution in [0.5, 0.6) is 0 Å². The summed E-state index contributed by atoms with van der Waals surface area (Å²) >= 11 is 2.15. The highest BCUT2D eigenvalue weighted by Gasteiger charge is 2.34. The first-order valence-corrected chi connectivity index (χ1v) is 7.00. The van der Waals surface area contributed by atoms with Gasteiger partial charge in [-0.2, -0.15) is 0 Å². The van der Waals surface area contributed by atoms with Crippen LogP contribution < -0.4 is 5.32 Å². The van der Waals surface area contributed by atoms with Crippen LogP contribution in [-0.4, -0.2) is 36.3 Å². The average molecular weight is 358 g/mol. The summed E-state index contributed by atoms with van der Waals surface area (Å²) in [6.07, 6.45) is 1.63. The summed E-state index contributed by atoms with van der Waals surface area (Å²) in [5.41, 5.74) is 0.675. The quantitative estimate of drug-likeness (QED) is 0.818. The molecule has 0 aliphatic carbocycles. The lowest BCUT2D eigenvalue weighted by Crippen LogP contribution is -2.45. The zero-order chi connectivity index (χ0) is 13.1. The molecular weight excluding hydrogens is 343 g/mol. The molecule has 0 radical (unpaired) electrons. The fraction of sp³-hybridized carbons (Fsp3) is 0.385. The minimum Gasteiger partial charge on any atom is -0.357 e. The summed E-state index contributed by atoms with van der Waals surface area (Å²) in [6.45, 7) is 0.655. The standard InChI is InChI=1S/C13H15IN2O2/c1-15-12(17)11-7-4-8-16(11)13(18)9-5-2-3-6-10(9)14/h2-3,5-6,11H,4,7-8H2,1H3,(H,15,17). The third kappa shape index (κ3) is 2.50. The molecule has 2 amide bonds. The highest BCUT2D eigenvalue weighted by atomic mass is 127. The maximum atomic E-state index is 12.4. The topological polar surface area (TPSA) is 49.4 Å². The normalized spacial score (nSPS) is 18.8. The number of likely N-dealkylation sites (N-methyl/N-ethyl adjacent to an activating group) is 1. The van der Waals surface area contributed by atoms with Crippen LogP contribution in [0, 0.1) is 3.57 Å². The molecule has 1 saturated heterocycles. The van der Waals surface area contributed by atoms with Crippen molar-refractivity contribution < 1.29 is 9.59 Å². The first-order valence-electron chi connectivity index (χ1n) is 5.92. The molecule has 1 aromatic rings. The second kappa shape index (κ2) is 5.69. The number of halogens is 1. The van der Waals surface area contributed by atoms with Gasteiger partial charge < -0.3 is 10.2 Å². The molecule has 0 bridgehead atoms. The van der Waals surface area contributed by atoms with Crippen molar-refractivity contribution in [3.63, 3.8) is 0 Å². The lowest BCUT2D eigenvalue weighted by Gasteiger charge is -2.23. The van der Waals surface area contributed by atoms with E-state index in [0.29, 0.717) is 12.1 Å². The summed E-state index contributed by atoms with van der Waals surface area (Å²) in [7, 11) is 1.61. The van der Waals surface area contributed by atoms with Gasteiger partial charge in [0, 0.05) is 17.2 Å². The summed E-state index contributed by atoms with van der Waals surface area (Å²) < 4.78 is 0.919. The Morgan fingerprint density at radius 2 is 2.11 bits per heavy atom. The Bertz CT molecular complexity index is 476. The zero-order valence-corrected chi connectivity index (χ0v) is 12.3. The van der Waals surface area contributed by atoms with Gasteiger partial charge in [0.05, 0.1) is 5.56 Å². The summed E-state index contributed by atoms with van der Waals surface area (Å²) in [5.74, 6) is -0.127. The van der Waals surface area contributed by atoms with Gasteiger partial charge in [0.25, 0.3) is 5.91 Å². The van der Waals surface area contributed by atoms with Crippen molar-refractivity contribution in [2.75, 3.05) is 13.6 Å². The molecule has 1 atom stereocenters. The second-order valence-electron chi connectivity index (χ2n) is 4.25. The van der Waals surface area contributed by atoms with Crippen molar-refractivity contribution in [1.29, 1.82) is 0 Å². The van der Waals surface area contributed by atoms with Gasteiger partial charge in [-0.1, -0.05) is 12.1 Å². The monoisotopic (exact) mass is 358 g/mol. The Morgan fingerprint density at radius 1 is 1.39 bits per heavy atom. The number of amides is 2. The highest BCUT2D eigenvalue weighted by molar-refractivity contribution is 14.1. The number of likely N-dealkylation sites (tertiary alicyclic amines) is 1. The van der Waals surface area contributed by atoms with E-state index in [4.69, 9.17) is 0 Å². The van der Waals surface area contributed by atoms with Crippen molar-refractivity contribution in [1.82, 2.24) is 10.2 Å². The Labute approximate surface area is 120 Å². The third-order valence-corrected chi connectivity index (χ3v) is 4.11. The van der Waals surface area contributed by atoms with Crippen molar-refractivity contribution in [3.8, 4) is 0 Å². The SMILES string of the molecule is CNC(=O)C1CCCN1C(=O)c1ccccc1I. The van der Waals surface area contributed by atoms with Gasteiger partial charge in [0.2, 0.25) is 5.91 Å². The van der Waals surface area contributed by atoms with Crippen molar-refractivity contribution in [2.24, 2.45) is 0 Å². The van der Waals surface area contributed by atoms with Crippen LogP contribution in [-0.2, 0) is 4.79 Å². The summed E-state index contributed by atoms with van der Waals surface area (Å²) in [5, 5.41) is 2.62. The predicted octanol–water partition coefficient (Wildman–Crippen LogP) is 1.64. The van der Waals surface area contributed by atoms with Crippen molar-refractivity contribution in [3.05, 3.63) is 33.4 Å². The predicted molar refractivity (Wildman–Crippen MR) is 77.3 cm³/mol. The molecule has 0 aromatic heterocycles. The fourth-order valence-electron chi connectivity index (χ4n) is 2.24. The molecule has 1 aromatic carbocycles. The number of nitrogens with zero attached hydrogens (tertiary/aromatic N) is 1. The average Bonchev–Trinajstić information content (AvgIpc) is 2.86. The number of rotatable bonds is 2. The Morgan fingerprint density at radius 3 is 2.78 bits per heavy atom. The zero-order valence-electron chi connectivity index (χ0n) is 10.1. The first-order chi connectivity index (χ1) is 8.65. The van der Waals surface area contributed by atoms with Gasteiger partial charge >= 0.3 is 0 Å². The van der Waals surface area contributed by atoms with Crippen LogP contribution in [0.25, 0.3) is 0 Å². The van der Waals surface area contributed by atoms with Crippen LogP contribution in [0.1, 0.15) is 23.2 Å². The lowest BCUT2D eigenvalue weighted by atomic mass is 10.1. The fourth-order valence-corrected chi connectivity index (χ4v) is 2.86. The molecule has 1 N–H and O–H groups in total. The van der Waals surface area contributed by atoms with Crippen LogP contribution in [0.15, 0.2) is 24.3 Å². The minimum absolute atomic E-state index is 0.0499. The Hall–Kier alpha value is -1.11. The van der Waals surface area contributed by atoms with E-state index < -0.39 is 0 Å². The molecule has 0 spiro atoms. The lowest BCUT2D eigenvalue weighted by molar-refractivity contribution is -0.124. The molecule has 1 aliphatic rings. The van der Waals surface area contributed by atoms with E-state index in [0.717, 1.165) is 16.4 Å². The Kier molecular flexibility index (Phi) is 4.21. The third-order valence-electron chi connectivity index (χ3n) is 3.17. The van der Waals surface area contributed by atoms with E-state index in [-0.39, 0.29) is 17.9 Å². The van der Waals surface area contributed by atoms with Crippen LogP contribution >= 0.6 is 22.6 Å². The van der Waals surface area contributed by atoms with Gasteiger partial charge in [-0.3, -0.25) is 9.59 Å². The molecule has 1 unspecified atom stereocenters. The molecule has 1 heterocycles. The number of benzene rings is 1. The Balaban J connectivity index is 2.23. The molecule has 5 heteroatoms. The smallest absolute Gasteiger partial charge is 0.255 e. The number of hydrogen-bond donors (Lipinski definition) is 1. The maximum absolute atomic E-state index is 12.4. The molecule has 1 aliphatic heterocycles. The molecule has 96 valence electrons. The molecular formula is C13H15IN2O2.